The summed E-state index contributed by atoms with van der Waals surface area (Å²) >= 11 is 0. The van der Waals surface area contributed by atoms with Crippen molar-refractivity contribution in [3.8, 4) is 0 Å². The van der Waals surface area contributed by atoms with Gasteiger partial charge in [0.25, 0.3) is 5.91 Å². The molecule has 0 unspecified atom stereocenters. The van der Waals surface area contributed by atoms with Crippen molar-refractivity contribution in [1.82, 2.24) is 20.0 Å². The Labute approximate surface area is 143 Å². The molecule has 9 nitrogen and oxygen atoms in total. The van der Waals surface area contributed by atoms with E-state index in [9.17, 15) is 13.2 Å². The highest BCUT2D eigenvalue weighted by Gasteiger charge is 2.14. The van der Waals surface area contributed by atoms with Crippen LogP contribution in [0, 0.1) is 0 Å². The Morgan fingerprint density at radius 1 is 1.20 bits per heavy atom. The normalized spacial score (nSPS) is 11.4. The summed E-state index contributed by atoms with van der Waals surface area (Å²) in [5.41, 5.74) is 1.04. The van der Waals surface area contributed by atoms with Crippen molar-refractivity contribution in [2.75, 3.05) is 11.6 Å². The molecular formula is C15H15N5O4S. The molecule has 1 aromatic carbocycles. The Morgan fingerprint density at radius 2 is 1.92 bits per heavy atom. The van der Waals surface area contributed by atoms with E-state index in [1.165, 1.54) is 16.8 Å². The third kappa shape index (κ3) is 4.10. The van der Waals surface area contributed by atoms with Gasteiger partial charge in [-0.3, -0.25) is 14.8 Å². The maximum absolute atomic E-state index is 12.0. The SMILES string of the molecule is Cn1ccc(C(=O)Nc2nnc(Cc3ccc(S(C)(=O)=O)cc3)o2)n1. The molecule has 2 heterocycles. The van der Waals surface area contributed by atoms with E-state index < -0.39 is 15.7 Å². The molecule has 25 heavy (non-hydrogen) atoms. The van der Waals surface area contributed by atoms with Crippen LogP contribution in [0.5, 0.6) is 0 Å². The zero-order valence-electron chi connectivity index (χ0n) is 13.5. The summed E-state index contributed by atoms with van der Waals surface area (Å²) < 4.78 is 29.8. The Kier molecular flexibility index (Phi) is 4.36. The van der Waals surface area contributed by atoms with Crippen molar-refractivity contribution in [3.05, 3.63) is 53.7 Å². The third-order valence-corrected chi connectivity index (χ3v) is 4.47. The quantitative estimate of drug-likeness (QED) is 0.721. The number of carbonyl (C=O) groups is 1. The number of hydrogen-bond donors (Lipinski definition) is 1. The minimum atomic E-state index is -3.23. The van der Waals surface area contributed by atoms with E-state index in [-0.39, 0.29) is 16.6 Å². The first-order valence-electron chi connectivity index (χ1n) is 7.23. The third-order valence-electron chi connectivity index (χ3n) is 3.34. The van der Waals surface area contributed by atoms with Crippen molar-refractivity contribution in [2.24, 2.45) is 7.05 Å². The summed E-state index contributed by atoms with van der Waals surface area (Å²) in [6.45, 7) is 0. The Bertz CT molecular complexity index is 1000. The summed E-state index contributed by atoms with van der Waals surface area (Å²) in [5.74, 6) is -0.156. The molecule has 2 aromatic heterocycles. The lowest BCUT2D eigenvalue weighted by Gasteiger charge is -2.00. The average molecular weight is 361 g/mol. The van der Waals surface area contributed by atoms with Crippen molar-refractivity contribution >= 4 is 21.8 Å². The fourth-order valence-corrected chi connectivity index (χ4v) is 2.73. The summed E-state index contributed by atoms with van der Waals surface area (Å²) in [4.78, 5) is 12.2. The van der Waals surface area contributed by atoms with Crippen LogP contribution in [0.4, 0.5) is 6.01 Å². The van der Waals surface area contributed by atoms with Crippen molar-refractivity contribution in [2.45, 2.75) is 11.3 Å². The minimum Gasteiger partial charge on any atom is -0.407 e. The lowest BCUT2D eigenvalue weighted by Crippen LogP contribution is -2.13. The zero-order chi connectivity index (χ0) is 18.0. The standard InChI is InChI=1S/C15H15N5O4S/c1-20-8-7-12(19-20)14(21)16-15-18-17-13(24-15)9-10-3-5-11(6-4-10)25(2,22)23/h3-8H,9H2,1-2H3,(H,16,18,21). The van der Waals surface area contributed by atoms with Gasteiger partial charge in [0.15, 0.2) is 15.5 Å². The number of benzene rings is 1. The molecule has 0 radical (unpaired) electrons. The van der Waals surface area contributed by atoms with E-state index in [0.29, 0.717) is 12.3 Å². The van der Waals surface area contributed by atoms with Crippen LogP contribution in [-0.4, -0.2) is 40.6 Å². The van der Waals surface area contributed by atoms with Gasteiger partial charge in [-0.25, -0.2) is 8.42 Å². The molecular weight excluding hydrogens is 346 g/mol. The Hall–Kier alpha value is -3.01. The van der Waals surface area contributed by atoms with Crippen molar-refractivity contribution < 1.29 is 17.6 Å². The van der Waals surface area contributed by atoms with Crippen LogP contribution in [0.3, 0.4) is 0 Å². The highest BCUT2D eigenvalue weighted by Crippen LogP contribution is 2.15. The molecule has 3 aromatic rings. The van der Waals surface area contributed by atoms with Gasteiger partial charge in [0, 0.05) is 19.5 Å². The number of nitrogens with zero attached hydrogens (tertiary/aromatic N) is 4. The van der Waals surface area contributed by atoms with Gasteiger partial charge in [-0.15, -0.1) is 5.10 Å². The zero-order valence-corrected chi connectivity index (χ0v) is 14.3. The van der Waals surface area contributed by atoms with Gasteiger partial charge < -0.3 is 4.42 Å². The van der Waals surface area contributed by atoms with Crippen LogP contribution in [0.2, 0.25) is 0 Å². The van der Waals surface area contributed by atoms with E-state index in [2.05, 4.69) is 20.6 Å². The van der Waals surface area contributed by atoms with Gasteiger partial charge in [0.05, 0.1) is 11.3 Å². The number of aromatic nitrogens is 4. The van der Waals surface area contributed by atoms with Crippen LogP contribution in [0.15, 0.2) is 45.8 Å². The molecule has 0 atom stereocenters. The molecule has 3 rings (SSSR count). The molecule has 0 aliphatic rings. The van der Waals surface area contributed by atoms with Gasteiger partial charge in [-0.2, -0.15) is 5.10 Å². The number of amides is 1. The smallest absolute Gasteiger partial charge is 0.322 e. The van der Waals surface area contributed by atoms with Crippen molar-refractivity contribution in [1.29, 1.82) is 0 Å². The molecule has 0 spiro atoms. The van der Waals surface area contributed by atoms with Crippen molar-refractivity contribution in [3.63, 3.8) is 0 Å². The summed E-state index contributed by atoms with van der Waals surface area (Å²) in [5, 5.41) is 14.1. The monoisotopic (exact) mass is 361 g/mol. The first kappa shape index (κ1) is 16.8. The first-order valence-corrected chi connectivity index (χ1v) is 9.13. The molecule has 0 saturated carbocycles. The fourth-order valence-electron chi connectivity index (χ4n) is 2.10. The Balaban J connectivity index is 1.66. The number of carbonyl (C=O) groups excluding carboxylic acids is 1. The first-order chi connectivity index (χ1) is 11.8. The van der Waals surface area contributed by atoms with Crippen LogP contribution in [-0.2, 0) is 23.3 Å². The van der Waals surface area contributed by atoms with E-state index in [4.69, 9.17) is 4.42 Å². The molecule has 0 saturated heterocycles. The average Bonchev–Trinajstić information content (AvgIpc) is 3.16. The van der Waals surface area contributed by atoms with Gasteiger partial charge in [0.1, 0.15) is 0 Å². The lowest BCUT2D eigenvalue weighted by molar-refractivity contribution is 0.101. The molecule has 0 fully saturated rings. The second-order valence-corrected chi connectivity index (χ2v) is 7.44. The molecule has 0 aliphatic carbocycles. The topological polar surface area (TPSA) is 120 Å². The maximum Gasteiger partial charge on any atom is 0.322 e. The molecule has 10 heteroatoms. The molecule has 1 amide bonds. The van der Waals surface area contributed by atoms with Gasteiger partial charge in [-0.05, 0) is 23.8 Å². The van der Waals surface area contributed by atoms with Gasteiger partial charge in [-0.1, -0.05) is 17.2 Å². The predicted octanol–water partition coefficient (Wildman–Crippen LogP) is 1.05. The molecule has 130 valence electrons. The van der Waals surface area contributed by atoms with E-state index in [1.807, 2.05) is 0 Å². The van der Waals surface area contributed by atoms with Gasteiger partial charge >= 0.3 is 6.01 Å². The van der Waals surface area contributed by atoms with Crippen LogP contribution in [0.1, 0.15) is 21.9 Å². The number of rotatable bonds is 5. The lowest BCUT2D eigenvalue weighted by atomic mass is 10.1. The van der Waals surface area contributed by atoms with Gasteiger partial charge in [0.2, 0.25) is 5.89 Å². The molecule has 0 aliphatic heterocycles. The highest BCUT2D eigenvalue weighted by molar-refractivity contribution is 7.90. The maximum atomic E-state index is 12.0. The number of anilines is 1. The van der Waals surface area contributed by atoms with E-state index in [1.54, 1.807) is 31.4 Å². The largest absolute Gasteiger partial charge is 0.407 e. The van der Waals surface area contributed by atoms with Crippen LogP contribution >= 0.6 is 0 Å². The summed E-state index contributed by atoms with van der Waals surface area (Å²) in [6.07, 6.45) is 3.11. The second-order valence-electron chi connectivity index (χ2n) is 5.42. The Morgan fingerprint density at radius 3 is 2.52 bits per heavy atom. The van der Waals surface area contributed by atoms with Crippen LogP contribution < -0.4 is 5.32 Å². The second kappa shape index (κ2) is 6.48. The highest BCUT2D eigenvalue weighted by atomic mass is 32.2. The molecule has 1 N–H and O–H groups in total. The number of sulfone groups is 1. The van der Waals surface area contributed by atoms with E-state index >= 15 is 0 Å². The number of hydrogen-bond acceptors (Lipinski definition) is 7. The van der Waals surface area contributed by atoms with Crippen LogP contribution in [0.25, 0.3) is 0 Å². The minimum absolute atomic E-state index is 0.0293. The predicted molar refractivity (Wildman–Crippen MR) is 87.8 cm³/mol. The summed E-state index contributed by atoms with van der Waals surface area (Å²) in [6, 6.07) is 7.92. The molecule has 0 bridgehead atoms. The number of nitrogens with one attached hydrogen (secondary N) is 1. The van der Waals surface area contributed by atoms with E-state index in [0.717, 1.165) is 11.8 Å². The number of aryl methyl sites for hydroxylation is 1. The fraction of sp³-hybridized carbons (Fsp3) is 0.200. The summed E-state index contributed by atoms with van der Waals surface area (Å²) in [7, 11) is -1.53.